The summed E-state index contributed by atoms with van der Waals surface area (Å²) in [4.78, 5) is 16.8. The first-order chi connectivity index (χ1) is 13.6. The standard InChI is InChI=1S/C22H28N2O2S2/c1-3-18(25)19-20(26)24-15(2)22(28-21(19)24)27-17-11-13-23(14-17)12-7-10-16-8-5-4-6-9-16/h4-10,17-19,21,25H,3,11-14H2,1-2H3/b10-7+/t17-,18-,19+,21+/m0/s1. The Morgan fingerprint density at radius 3 is 2.89 bits per heavy atom. The Bertz CT molecular complexity index is 780. The number of amides is 1. The van der Waals surface area contributed by atoms with Crippen LogP contribution in [-0.4, -0.2) is 57.2 Å². The first-order valence-electron chi connectivity index (χ1n) is 10.1. The predicted molar refractivity (Wildman–Crippen MR) is 119 cm³/mol. The first kappa shape index (κ1) is 20.1. The van der Waals surface area contributed by atoms with Gasteiger partial charge in [-0.15, -0.1) is 11.8 Å². The van der Waals surface area contributed by atoms with Crippen LogP contribution in [0.5, 0.6) is 0 Å². The Balaban J connectivity index is 1.28. The van der Waals surface area contributed by atoms with E-state index in [0.717, 1.165) is 25.3 Å². The van der Waals surface area contributed by atoms with Gasteiger partial charge in [-0.1, -0.05) is 61.2 Å². The molecule has 4 atom stereocenters. The number of aliphatic hydroxyl groups excluding tert-OH is 1. The summed E-state index contributed by atoms with van der Waals surface area (Å²) in [6.07, 6.45) is 5.74. The Morgan fingerprint density at radius 2 is 2.14 bits per heavy atom. The third kappa shape index (κ3) is 3.92. The molecule has 4 nitrogen and oxygen atoms in total. The summed E-state index contributed by atoms with van der Waals surface area (Å²) in [5, 5.41) is 10.8. The number of aliphatic hydroxyl groups is 1. The summed E-state index contributed by atoms with van der Waals surface area (Å²) in [6.45, 7) is 7.18. The maximum Gasteiger partial charge on any atom is 0.236 e. The van der Waals surface area contributed by atoms with E-state index in [-0.39, 0.29) is 17.2 Å². The van der Waals surface area contributed by atoms with E-state index in [1.807, 2.05) is 29.7 Å². The fraction of sp³-hybridized carbons (Fsp3) is 0.500. The summed E-state index contributed by atoms with van der Waals surface area (Å²) in [7, 11) is 0. The van der Waals surface area contributed by atoms with Crippen LogP contribution in [0, 0.1) is 5.92 Å². The van der Waals surface area contributed by atoms with Crippen molar-refractivity contribution in [3.8, 4) is 0 Å². The van der Waals surface area contributed by atoms with Gasteiger partial charge < -0.3 is 10.0 Å². The molecule has 3 heterocycles. The number of allylic oxidation sites excluding steroid dienone is 1. The molecule has 1 aromatic carbocycles. The van der Waals surface area contributed by atoms with Gasteiger partial charge in [-0.2, -0.15) is 0 Å². The Hall–Kier alpha value is -1.21. The molecule has 28 heavy (non-hydrogen) atoms. The SMILES string of the molecule is CC[C@H](O)[C@@H]1C(=O)N2C(C)=C(S[C@H]3CCN(C/C=C/c4ccccc4)C3)S[C@H]12. The molecule has 0 bridgehead atoms. The van der Waals surface area contributed by atoms with Gasteiger partial charge in [-0.3, -0.25) is 9.69 Å². The molecule has 0 aromatic heterocycles. The van der Waals surface area contributed by atoms with Crippen LogP contribution in [0.2, 0.25) is 0 Å². The largest absolute Gasteiger partial charge is 0.392 e. The lowest BCUT2D eigenvalue weighted by atomic mass is 9.90. The average molecular weight is 417 g/mol. The van der Waals surface area contributed by atoms with Crippen molar-refractivity contribution in [1.82, 2.24) is 9.80 Å². The smallest absolute Gasteiger partial charge is 0.236 e. The van der Waals surface area contributed by atoms with Crippen LogP contribution < -0.4 is 0 Å². The van der Waals surface area contributed by atoms with E-state index in [2.05, 4.69) is 48.2 Å². The van der Waals surface area contributed by atoms with Crippen LogP contribution in [-0.2, 0) is 4.79 Å². The number of hydrogen-bond donors (Lipinski definition) is 1. The van der Waals surface area contributed by atoms with Crippen LogP contribution in [0.4, 0.5) is 0 Å². The molecule has 1 aromatic rings. The van der Waals surface area contributed by atoms with Gasteiger partial charge in [0.1, 0.15) is 5.37 Å². The minimum absolute atomic E-state index is 0.0963. The number of likely N-dealkylation sites (tertiary alicyclic amines) is 1. The molecule has 2 saturated heterocycles. The minimum atomic E-state index is -0.517. The fourth-order valence-electron chi connectivity index (χ4n) is 4.10. The van der Waals surface area contributed by atoms with Crippen molar-refractivity contribution in [2.75, 3.05) is 19.6 Å². The lowest BCUT2D eigenvalue weighted by Gasteiger charge is -2.44. The van der Waals surface area contributed by atoms with Gasteiger partial charge >= 0.3 is 0 Å². The molecule has 3 aliphatic rings. The van der Waals surface area contributed by atoms with Gasteiger partial charge in [0.05, 0.1) is 16.3 Å². The van der Waals surface area contributed by atoms with E-state index < -0.39 is 6.10 Å². The number of carbonyl (C=O) groups excluding carboxylic acids is 1. The van der Waals surface area contributed by atoms with Crippen molar-refractivity contribution in [3.05, 3.63) is 51.9 Å². The maximum absolute atomic E-state index is 12.4. The molecule has 0 saturated carbocycles. The molecule has 6 heteroatoms. The topological polar surface area (TPSA) is 43.8 Å². The Morgan fingerprint density at radius 1 is 1.36 bits per heavy atom. The summed E-state index contributed by atoms with van der Waals surface area (Å²) < 4.78 is 1.27. The molecule has 0 unspecified atom stereocenters. The zero-order chi connectivity index (χ0) is 19.7. The maximum atomic E-state index is 12.4. The highest BCUT2D eigenvalue weighted by Crippen LogP contribution is 2.55. The van der Waals surface area contributed by atoms with Gasteiger partial charge in [-0.25, -0.2) is 0 Å². The van der Waals surface area contributed by atoms with Crippen LogP contribution in [0.15, 0.2) is 46.3 Å². The van der Waals surface area contributed by atoms with Crippen molar-refractivity contribution in [2.24, 2.45) is 5.92 Å². The molecular formula is C22H28N2O2S2. The summed E-state index contributed by atoms with van der Waals surface area (Å²) in [5.41, 5.74) is 2.33. The molecule has 2 fully saturated rings. The van der Waals surface area contributed by atoms with Crippen molar-refractivity contribution in [2.45, 2.75) is 43.4 Å². The molecule has 0 radical (unpaired) electrons. The molecule has 150 valence electrons. The highest BCUT2D eigenvalue weighted by Gasteiger charge is 2.55. The van der Waals surface area contributed by atoms with Crippen LogP contribution in [0.25, 0.3) is 6.08 Å². The summed E-state index contributed by atoms with van der Waals surface area (Å²) in [6, 6.07) is 10.4. The monoisotopic (exact) mass is 416 g/mol. The lowest BCUT2D eigenvalue weighted by Crippen LogP contribution is -2.60. The minimum Gasteiger partial charge on any atom is -0.392 e. The van der Waals surface area contributed by atoms with Crippen molar-refractivity contribution >= 4 is 35.5 Å². The third-order valence-electron chi connectivity index (χ3n) is 5.78. The van der Waals surface area contributed by atoms with Gasteiger partial charge in [0.2, 0.25) is 5.91 Å². The quantitative estimate of drug-likeness (QED) is 0.681. The van der Waals surface area contributed by atoms with Crippen LogP contribution in [0.3, 0.4) is 0 Å². The average Bonchev–Trinajstić information content (AvgIpc) is 3.25. The fourth-order valence-corrected chi connectivity index (χ4v) is 7.40. The zero-order valence-corrected chi connectivity index (χ0v) is 18.1. The molecule has 0 aliphatic carbocycles. The van der Waals surface area contributed by atoms with Crippen molar-refractivity contribution in [1.29, 1.82) is 0 Å². The van der Waals surface area contributed by atoms with Crippen LogP contribution in [0.1, 0.15) is 32.3 Å². The number of fused-ring (bicyclic) bond motifs is 1. The van der Waals surface area contributed by atoms with Gasteiger partial charge in [0.15, 0.2) is 0 Å². The van der Waals surface area contributed by atoms with E-state index in [1.54, 1.807) is 11.8 Å². The summed E-state index contributed by atoms with van der Waals surface area (Å²) in [5.74, 6) is -0.134. The van der Waals surface area contributed by atoms with Crippen LogP contribution >= 0.6 is 23.5 Å². The second kappa shape index (κ2) is 8.66. The first-order valence-corrected chi connectivity index (χ1v) is 11.8. The molecule has 0 spiro atoms. The van der Waals surface area contributed by atoms with E-state index >= 15 is 0 Å². The second-order valence-corrected chi connectivity index (χ2v) is 10.4. The number of rotatable bonds is 7. The predicted octanol–water partition coefficient (Wildman–Crippen LogP) is 4.00. The van der Waals surface area contributed by atoms with E-state index in [4.69, 9.17) is 0 Å². The molecule has 4 rings (SSSR count). The number of thioether (sulfide) groups is 2. The third-order valence-corrected chi connectivity index (χ3v) is 8.84. The highest BCUT2D eigenvalue weighted by molar-refractivity contribution is 8.23. The Kier molecular flexibility index (Phi) is 6.21. The molecule has 1 amide bonds. The number of benzene rings is 1. The summed E-state index contributed by atoms with van der Waals surface area (Å²) >= 11 is 3.71. The second-order valence-electron chi connectivity index (χ2n) is 7.69. The lowest BCUT2D eigenvalue weighted by molar-refractivity contribution is -0.153. The molecule has 1 N–H and O–H groups in total. The van der Waals surface area contributed by atoms with Gasteiger partial charge in [0, 0.05) is 24.0 Å². The number of carbonyl (C=O) groups is 1. The molecular weight excluding hydrogens is 388 g/mol. The number of nitrogens with zero attached hydrogens (tertiary/aromatic N) is 2. The Labute approximate surface area is 176 Å². The van der Waals surface area contributed by atoms with Crippen molar-refractivity contribution in [3.63, 3.8) is 0 Å². The molecule has 3 aliphatic heterocycles. The van der Waals surface area contributed by atoms with E-state index in [0.29, 0.717) is 11.7 Å². The van der Waals surface area contributed by atoms with Gasteiger partial charge in [0.25, 0.3) is 0 Å². The van der Waals surface area contributed by atoms with Gasteiger partial charge in [-0.05, 0) is 31.9 Å². The van der Waals surface area contributed by atoms with E-state index in [9.17, 15) is 9.90 Å². The zero-order valence-electron chi connectivity index (χ0n) is 16.5. The highest BCUT2D eigenvalue weighted by atomic mass is 32.2. The van der Waals surface area contributed by atoms with E-state index in [1.165, 1.54) is 16.2 Å². The van der Waals surface area contributed by atoms with Crippen molar-refractivity contribution < 1.29 is 9.90 Å². The number of β-lactam (4-membered cyclic amide) rings is 1. The normalized spacial score (nSPS) is 28.9. The number of hydrogen-bond acceptors (Lipinski definition) is 5.